The molecule has 1 amide bonds. The van der Waals surface area contributed by atoms with E-state index in [9.17, 15) is 38.7 Å². The Morgan fingerprint density at radius 2 is 1.73 bits per heavy atom. The number of carbonyl (C=O) groups excluding carboxylic acids is 1. The van der Waals surface area contributed by atoms with Crippen molar-refractivity contribution < 1.29 is 52.8 Å². The van der Waals surface area contributed by atoms with Crippen LogP contribution in [0.1, 0.15) is 78.6 Å². The van der Waals surface area contributed by atoms with Crippen molar-refractivity contribution in [3.63, 3.8) is 0 Å². The van der Waals surface area contributed by atoms with Crippen molar-refractivity contribution in [2.75, 3.05) is 38.7 Å². The number of fused-ring (bicyclic) bond motifs is 5. The predicted molar refractivity (Wildman–Crippen MR) is 165 cm³/mol. The fourth-order valence-electron chi connectivity index (χ4n) is 9.85. The Kier molecular flexibility index (Phi) is 12.4. The summed E-state index contributed by atoms with van der Waals surface area (Å²) in [5, 5.41) is 63.7. The normalized spacial score (nSPS) is 40.1. The highest BCUT2D eigenvalue weighted by Gasteiger charge is 2.65. The molecular formula is C32H57NO11S. The summed E-state index contributed by atoms with van der Waals surface area (Å²) in [5.74, 6) is 0.409. The second-order valence-corrected chi connectivity index (χ2v) is 16.6. The molecule has 12 nitrogen and oxygen atoms in total. The molecule has 0 aromatic carbocycles. The lowest BCUT2D eigenvalue weighted by Crippen LogP contribution is -2.62. The molecule has 4 rings (SSSR count). The Morgan fingerprint density at radius 3 is 2.42 bits per heavy atom. The maximum Gasteiger partial charge on any atom is 0.269 e. The first kappa shape index (κ1) is 36.9. The van der Waals surface area contributed by atoms with Gasteiger partial charge in [0.25, 0.3) is 10.1 Å². The summed E-state index contributed by atoms with van der Waals surface area (Å²) in [5.41, 5.74) is -0.341. The number of amides is 1. The van der Waals surface area contributed by atoms with E-state index in [1.165, 1.54) is 0 Å². The summed E-state index contributed by atoms with van der Waals surface area (Å²) in [6.07, 6.45) is 2.95. The van der Waals surface area contributed by atoms with E-state index >= 15 is 0 Å². The monoisotopic (exact) mass is 663 g/mol. The molecule has 0 heterocycles. The van der Waals surface area contributed by atoms with Gasteiger partial charge in [0.15, 0.2) is 0 Å². The molecule has 262 valence electrons. The van der Waals surface area contributed by atoms with Gasteiger partial charge in [-0.25, -0.2) is 0 Å². The maximum absolute atomic E-state index is 12.7. The lowest BCUT2D eigenvalue weighted by atomic mass is 9.43. The summed E-state index contributed by atoms with van der Waals surface area (Å²) in [4.78, 5) is 12.7. The lowest BCUT2D eigenvalue weighted by Gasteiger charge is -2.63. The van der Waals surface area contributed by atoms with Crippen molar-refractivity contribution >= 4 is 16.0 Å². The van der Waals surface area contributed by atoms with Crippen LogP contribution in [0.25, 0.3) is 0 Å². The van der Waals surface area contributed by atoms with Gasteiger partial charge in [-0.3, -0.25) is 8.98 Å². The number of ether oxygens (including phenoxy) is 1. The average Bonchev–Trinajstić information content (AvgIpc) is 3.34. The van der Waals surface area contributed by atoms with E-state index in [4.69, 9.17) is 14.0 Å². The third-order valence-electron chi connectivity index (χ3n) is 12.3. The largest absolute Gasteiger partial charge is 0.394 e. The number of aliphatic hydroxyl groups excluding tert-OH is 6. The zero-order valence-electron chi connectivity index (χ0n) is 27.1. The van der Waals surface area contributed by atoms with Crippen LogP contribution in [0.3, 0.4) is 0 Å². The van der Waals surface area contributed by atoms with E-state index in [2.05, 4.69) is 26.1 Å². The van der Waals surface area contributed by atoms with Crippen LogP contribution in [0, 0.1) is 46.3 Å². The van der Waals surface area contributed by atoms with E-state index in [-0.39, 0.29) is 84.5 Å². The molecule has 0 aromatic rings. The zero-order chi connectivity index (χ0) is 33.2. The van der Waals surface area contributed by atoms with Gasteiger partial charge in [-0.2, -0.15) is 8.42 Å². The number of aliphatic hydroxyl groups is 6. The van der Waals surface area contributed by atoms with Gasteiger partial charge in [0.05, 0.1) is 50.5 Å². The van der Waals surface area contributed by atoms with Crippen molar-refractivity contribution in [3.8, 4) is 0 Å². The number of carbonyl (C=O) groups is 1. The first-order chi connectivity index (χ1) is 21.2. The fraction of sp³-hybridized carbons (Fsp3) is 0.969. The van der Waals surface area contributed by atoms with Crippen molar-refractivity contribution in [1.82, 2.24) is 5.32 Å². The molecule has 0 aliphatic heterocycles. The summed E-state index contributed by atoms with van der Waals surface area (Å²) >= 11 is 0. The Morgan fingerprint density at radius 1 is 1.00 bits per heavy atom. The first-order valence-corrected chi connectivity index (χ1v) is 18.4. The van der Waals surface area contributed by atoms with Gasteiger partial charge < -0.3 is 40.7 Å². The highest BCUT2D eigenvalue weighted by atomic mass is 32.2. The number of nitrogens with one attached hydrogen (secondary N) is 1. The molecule has 0 spiro atoms. The van der Waals surface area contributed by atoms with Crippen LogP contribution in [-0.4, -0.2) is 114 Å². The molecule has 45 heavy (non-hydrogen) atoms. The number of rotatable bonds is 15. The fourth-order valence-corrected chi connectivity index (χ4v) is 10.8. The molecule has 6 unspecified atom stereocenters. The average molecular weight is 664 g/mol. The van der Waals surface area contributed by atoms with E-state index < -0.39 is 53.5 Å². The topological polar surface area (TPSA) is 203 Å². The van der Waals surface area contributed by atoms with E-state index in [0.717, 1.165) is 32.1 Å². The Balaban J connectivity index is 1.26. The van der Waals surface area contributed by atoms with Gasteiger partial charge >= 0.3 is 0 Å². The third kappa shape index (κ3) is 8.05. The highest BCUT2D eigenvalue weighted by Crippen LogP contribution is 2.68. The maximum atomic E-state index is 12.7. The van der Waals surface area contributed by atoms with Crippen molar-refractivity contribution in [3.05, 3.63) is 0 Å². The molecule has 7 N–H and O–H groups in total. The van der Waals surface area contributed by atoms with Crippen LogP contribution in [0.4, 0.5) is 0 Å². The second-order valence-electron chi connectivity index (χ2n) is 14.9. The Hall–Kier alpha value is -0.900. The smallest absolute Gasteiger partial charge is 0.269 e. The van der Waals surface area contributed by atoms with Gasteiger partial charge in [0.2, 0.25) is 5.91 Å². The standard InChI is InChI=1S/C32H57NO11S/c1-19(4-7-29(40)33-10-11-45(41,42)44-23(16-35)18-43-17-22(37)15-34)24-5-6-25-30-26(14-28(39)32(24,25)3)31(2)9-8-21(36)12-20(31)13-27(30)38/h19-28,30,34-39H,4-18H2,1-3H3,(H,33,40)/t19-,20?,21-,22?,23?,24-,25?,26?,27-,28+,30?,31+,32-/m1/s1. The molecule has 0 radical (unpaired) electrons. The number of hydrogen-bond acceptors (Lipinski definition) is 11. The quantitative estimate of drug-likeness (QED) is 0.121. The van der Waals surface area contributed by atoms with E-state index in [0.29, 0.717) is 19.3 Å². The molecule has 13 heteroatoms. The van der Waals surface area contributed by atoms with Crippen LogP contribution in [0.15, 0.2) is 0 Å². The van der Waals surface area contributed by atoms with Gasteiger partial charge in [0.1, 0.15) is 12.2 Å². The third-order valence-corrected chi connectivity index (χ3v) is 13.6. The minimum atomic E-state index is -4.07. The molecule has 4 aliphatic carbocycles. The van der Waals surface area contributed by atoms with Crippen LogP contribution < -0.4 is 5.32 Å². The van der Waals surface area contributed by atoms with Gasteiger partial charge in [-0.1, -0.05) is 20.8 Å². The van der Waals surface area contributed by atoms with Gasteiger partial charge in [-0.15, -0.1) is 0 Å². The summed E-state index contributed by atoms with van der Waals surface area (Å²) < 4.78 is 34.7. The summed E-state index contributed by atoms with van der Waals surface area (Å²) in [6.45, 7) is 4.80. The highest BCUT2D eigenvalue weighted by molar-refractivity contribution is 7.86. The van der Waals surface area contributed by atoms with Crippen molar-refractivity contribution in [2.24, 2.45) is 46.3 Å². The van der Waals surface area contributed by atoms with Crippen LogP contribution in [0.2, 0.25) is 0 Å². The second kappa shape index (κ2) is 15.1. The minimum Gasteiger partial charge on any atom is -0.394 e. The molecule has 0 aromatic heterocycles. The van der Waals surface area contributed by atoms with Gasteiger partial charge in [0, 0.05) is 13.0 Å². The predicted octanol–water partition coefficient (Wildman–Crippen LogP) is 0.557. The zero-order valence-corrected chi connectivity index (χ0v) is 27.9. The van der Waals surface area contributed by atoms with Gasteiger partial charge in [-0.05, 0) is 97.7 Å². The lowest BCUT2D eigenvalue weighted by molar-refractivity contribution is -0.207. The molecule has 4 saturated carbocycles. The van der Waals surface area contributed by atoms with Crippen molar-refractivity contribution in [2.45, 2.75) is 109 Å². The minimum absolute atomic E-state index is 0.0163. The van der Waals surface area contributed by atoms with Crippen LogP contribution in [-0.2, 0) is 23.8 Å². The first-order valence-electron chi connectivity index (χ1n) is 16.9. The Bertz CT molecular complexity index is 1090. The summed E-state index contributed by atoms with van der Waals surface area (Å²) in [7, 11) is -4.07. The van der Waals surface area contributed by atoms with Crippen LogP contribution >= 0.6 is 0 Å². The number of hydrogen-bond donors (Lipinski definition) is 7. The van der Waals surface area contributed by atoms with E-state index in [1.54, 1.807) is 0 Å². The summed E-state index contributed by atoms with van der Waals surface area (Å²) in [6, 6.07) is 0. The Labute approximate surface area is 268 Å². The molecular weight excluding hydrogens is 606 g/mol. The SMILES string of the molecule is C[C@H](CCC(=O)NCCS(=O)(=O)OC(CO)COCC(O)CO)[C@H]1CCC2C3C(C[C@H](O)[C@@]21C)[C@@]1(C)CC[C@@H](O)CC1C[C@H]3O. The molecule has 13 atom stereocenters. The van der Waals surface area contributed by atoms with Crippen molar-refractivity contribution in [1.29, 1.82) is 0 Å². The molecule has 0 saturated heterocycles. The van der Waals surface area contributed by atoms with E-state index in [1.807, 2.05) is 0 Å². The molecule has 0 bridgehead atoms. The van der Waals surface area contributed by atoms with Crippen LogP contribution in [0.5, 0.6) is 0 Å². The molecule has 4 fully saturated rings. The molecule has 4 aliphatic rings.